The van der Waals surface area contributed by atoms with Crippen LogP contribution in [0.25, 0.3) is 0 Å². The number of anilines is 2. The highest BCUT2D eigenvalue weighted by atomic mass is 35.5. The monoisotopic (exact) mass is 360 g/mol. The Morgan fingerprint density at radius 1 is 1.04 bits per heavy atom. The van der Waals surface area contributed by atoms with Crippen molar-refractivity contribution < 1.29 is 4.79 Å². The normalized spacial score (nSPS) is 14.5. The zero-order valence-corrected chi connectivity index (χ0v) is 15.1. The molecule has 0 aromatic heterocycles. The van der Waals surface area contributed by atoms with Crippen LogP contribution in [0.5, 0.6) is 0 Å². The molecule has 0 saturated carbocycles. The number of piperidine rings is 1. The van der Waals surface area contributed by atoms with E-state index in [2.05, 4.69) is 16.3 Å². The second-order valence-electron chi connectivity index (χ2n) is 5.86. The van der Waals surface area contributed by atoms with E-state index >= 15 is 0 Å². The molecular formula is C19H21ClN2OS. The van der Waals surface area contributed by atoms with Crippen molar-refractivity contribution in [1.82, 2.24) is 0 Å². The molecule has 0 bridgehead atoms. The van der Waals surface area contributed by atoms with Crippen LogP contribution < -0.4 is 10.2 Å². The number of halogens is 1. The number of para-hydroxylation sites is 2. The van der Waals surface area contributed by atoms with Crippen LogP contribution in [0.3, 0.4) is 0 Å². The first-order chi connectivity index (χ1) is 11.7. The molecule has 1 amide bonds. The molecule has 0 aliphatic carbocycles. The van der Waals surface area contributed by atoms with Gasteiger partial charge in [-0.1, -0.05) is 23.7 Å². The van der Waals surface area contributed by atoms with Crippen LogP contribution in [0.15, 0.2) is 53.4 Å². The maximum atomic E-state index is 12.3. The average Bonchev–Trinajstić information content (AvgIpc) is 2.62. The van der Waals surface area contributed by atoms with Gasteiger partial charge in [0.2, 0.25) is 5.91 Å². The summed E-state index contributed by atoms with van der Waals surface area (Å²) in [5.74, 6) is 0.398. The molecular weight excluding hydrogens is 340 g/mol. The van der Waals surface area contributed by atoms with E-state index in [-0.39, 0.29) is 5.91 Å². The quantitative estimate of drug-likeness (QED) is 0.756. The molecule has 3 nitrogen and oxygen atoms in total. The lowest BCUT2D eigenvalue weighted by Crippen LogP contribution is -2.30. The van der Waals surface area contributed by atoms with Gasteiger partial charge in [-0.15, -0.1) is 11.8 Å². The number of carbonyl (C=O) groups is 1. The standard InChI is InChI=1S/C19H21ClN2OS/c20-15-8-10-16(11-9-15)24-14-19(23)21-17-6-2-3-7-18(17)22-12-4-1-5-13-22/h2-3,6-11H,1,4-5,12-14H2,(H,21,23). The van der Waals surface area contributed by atoms with Gasteiger partial charge in [0.25, 0.3) is 0 Å². The van der Waals surface area contributed by atoms with Gasteiger partial charge in [-0.25, -0.2) is 0 Å². The van der Waals surface area contributed by atoms with E-state index in [1.54, 1.807) is 0 Å². The van der Waals surface area contributed by atoms with Gasteiger partial charge in [-0.3, -0.25) is 4.79 Å². The minimum absolute atomic E-state index is 0.0133. The Morgan fingerprint density at radius 3 is 2.50 bits per heavy atom. The molecule has 126 valence electrons. The number of hydrogen-bond donors (Lipinski definition) is 1. The largest absolute Gasteiger partial charge is 0.370 e. The number of rotatable bonds is 5. The van der Waals surface area contributed by atoms with E-state index in [0.29, 0.717) is 10.8 Å². The predicted octanol–water partition coefficient (Wildman–Crippen LogP) is 5.06. The minimum atomic E-state index is 0.0133. The molecule has 1 heterocycles. The summed E-state index contributed by atoms with van der Waals surface area (Å²) in [6, 6.07) is 15.6. The van der Waals surface area contributed by atoms with Crippen molar-refractivity contribution in [3.8, 4) is 0 Å². The topological polar surface area (TPSA) is 32.3 Å². The zero-order chi connectivity index (χ0) is 16.8. The lowest BCUT2D eigenvalue weighted by molar-refractivity contribution is -0.113. The Labute approximate surface area is 152 Å². The van der Waals surface area contributed by atoms with E-state index < -0.39 is 0 Å². The van der Waals surface area contributed by atoms with E-state index in [1.807, 2.05) is 42.5 Å². The average molecular weight is 361 g/mol. The van der Waals surface area contributed by atoms with Crippen LogP contribution in [0.4, 0.5) is 11.4 Å². The molecule has 24 heavy (non-hydrogen) atoms. The van der Waals surface area contributed by atoms with Crippen molar-refractivity contribution in [2.24, 2.45) is 0 Å². The minimum Gasteiger partial charge on any atom is -0.370 e. The Morgan fingerprint density at radius 2 is 1.75 bits per heavy atom. The summed E-state index contributed by atoms with van der Waals surface area (Å²) in [5, 5.41) is 3.77. The van der Waals surface area contributed by atoms with Crippen molar-refractivity contribution in [2.75, 3.05) is 29.1 Å². The molecule has 1 aliphatic heterocycles. The van der Waals surface area contributed by atoms with E-state index in [4.69, 9.17) is 11.6 Å². The number of amides is 1. The van der Waals surface area contributed by atoms with Gasteiger partial charge in [-0.05, 0) is 55.7 Å². The summed E-state index contributed by atoms with van der Waals surface area (Å²) in [6.45, 7) is 2.12. The summed E-state index contributed by atoms with van der Waals surface area (Å²) in [5.41, 5.74) is 2.03. The summed E-state index contributed by atoms with van der Waals surface area (Å²) < 4.78 is 0. The van der Waals surface area contributed by atoms with Crippen molar-refractivity contribution >= 4 is 40.6 Å². The molecule has 0 atom stereocenters. The first kappa shape index (κ1) is 17.2. The molecule has 1 fully saturated rings. The van der Waals surface area contributed by atoms with Gasteiger partial charge in [0.05, 0.1) is 17.1 Å². The SMILES string of the molecule is O=C(CSc1ccc(Cl)cc1)Nc1ccccc1N1CCCCC1. The van der Waals surface area contributed by atoms with Crippen LogP contribution >= 0.6 is 23.4 Å². The molecule has 0 spiro atoms. The number of thioether (sulfide) groups is 1. The van der Waals surface area contributed by atoms with Crippen LogP contribution in [0.2, 0.25) is 5.02 Å². The number of nitrogens with zero attached hydrogens (tertiary/aromatic N) is 1. The number of hydrogen-bond acceptors (Lipinski definition) is 3. The first-order valence-corrected chi connectivity index (χ1v) is 9.61. The molecule has 1 N–H and O–H groups in total. The summed E-state index contributed by atoms with van der Waals surface area (Å²) in [6.07, 6.45) is 3.73. The van der Waals surface area contributed by atoms with Crippen molar-refractivity contribution in [1.29, 1.82) is 0 Å². The molecule has 1 aliphatic rings. The molecule has 1 saturated heterocycles. The zero-order valence-electron chi connectivity index (χ0n) is 13.5. The Hall–Kier alpha value is -1.65. The second kappa shape index (κ2) is 8.45. The highest BCUT2D eigenvalue weighted by Gasteiger charge is 2.15. The maximum Gasteiger partial charge on any atom is 0.234 e. The van der Waals surface area contributed by atoms with Gasteiger partial charge in [-0.2, -0.15) is 0 Å². The number of nitrogens with one attached hydrogen (secondary N) is 1. The molecule has 2 aromatic carbocycles. The summed E-state index contributed by atoms with van der Waals surface area (Å²) >= 11 is 7.39. The van der Waals surface area contributed by atoms with Gasteiger partial charge in [0, 0.05) is 23.0 Å². The van der Waals surface area contributed by atoms with Gasteiger partial charge < -0.3 is 10.2 Å². The van der Waals surface area contributed by atoms with Crippen molar-refractivity contribution in [3.05, 3.63) is 53.6 Å². The summed E-state index contributed by atoms with van der Waals surface area (Å²) in [7, 11) is 0. The fourth-order valence-corrected chi connectivity index (χ4v) is 3.68. The van der Waals surface area contributed by atoms with Crippen LogP contribution in [0, 0.1) is 0 Å². The number of carbonyl (C=O) groups excluding carboxylic acids is 1. The molecule has 0 unspecified atom stereocenters. The van der Waals surface area contributed by atoms with Crippen LogP contribution in [-0.4, -0.2) is 24.7 Å². The fraction of sp³-hybridized carbons (Fsp3) is 0.316. The van der Waals surface area contributed by atoms with Gasteiger partial charge in [0.15, 0.2) is 0 Å². The Bertz CT molecular complexity index is 684. The van der Waals surface area contributed by atoms with Crippen LogP contribution in [0.1, 0.15) is 19.3 Å². The van der Waals surface area contributed by atoms with Gasteiger partial charge >= 0.3 is 0 Å². The third kappa shape index (κ3) is 4.68. The molecule has 5 heteroatoms. The second-order valence-corrected chi connectivity index (χ2v) is 7.34. The molecule has 3 rings (SSSR count). The van der Waals surface area contributed by atoms with E-state index in [9.17, 15) is 4.79 Å². The summed E-state index contributed by atoms with van der Waals surface area (Å²) in [4.78, 5) is 15.7. The highest BCUT2D eigenvalue weighted by Crippen LogP contribution is 2.28. The Kier molecular flexibility index (Phi) is 6.05. The molecule has 2 aromatic rings. The van der Waals surface area contributed by atoms with E-state index in [0.717, 1.165) is 29.4 Å². The smallest absolute Gasteiger partial charge is 0.234 e. The number of benzene rings is 2. The maximum absolute atomic E-state index is 12.3. The third-order valence-electron chi connectivity index (χ3n) is 4.06. The van der Waals surface area contributed by atoms with Crippen LogP contribution in [-0.2, 0) is 4.79 Å². The molecule has 0 radical (unpaired) electrons. The van der Waals surface area contributed by atoms with Crippen molar-refractivity contribution in [2.45, 2.75) is 24.2 Å². The fourth-order valence-electron chi connectivity index (χ4n) is 2.86. The van der Waals surface area contributed by atoms with Crippen molar-refractivity contribution in [3.63, 3.8) is 0 Å². The predicted molar refractivity (Wildman–Crippen MR) is 103 cm³/mol. The highest BCUT2D eigenvalue weighted by molar-refractivity contribution is 8.00. The Balaban J connectivity index is 1.60. The third-order valence-corrected chi connectivity index (χ3v) is 5.32. The lowest BCUT2D eigenvalue weighted by Gasteiger charge is -2.30. The van der Waals surface area contributed by atoms with Gasteiger partial charge in [0.1, 0.15) is 0 Å². The van der Waals surface area contributed by atoms with E-state index in [1.165, 1.54) is 31.0 Å². The lowest BCUT2D eigenvalue weighted by atomic mass is 10.1. The first-order valence-electron chi connectivity index (χ1n) is 8.24.